The molecular weight excluding hydrogens is 224 g/mol. The second-order valence-corrected chi connectivity index (χ2v) is 6.71. The Hall–Kier alpha value is -1.15. The smallest absolute Gasteiger partial charge is 0.167 e. The Balaban J connectivity index is 1.94. The Bertz CT molecular complexity index is 505. The van der Waals surface area contributed by atoms with Crippen molar-refractivity contribution in [2.24, 2.45) is 0 Å². The monoisotopic (exact) mass is 244 g/mol. The van der Waals surface area contributed by atoms with Crippen LogP contribution in [0.2, 0.25) is 0 Å². The molecule has 2 unspecified atom stereocenters. The Morgan fingerprint density at radius 1 is 1.17 bits per heavy atom. The van der Waals surface area contributed by atoms with Gasteiger partial charge in [0.15, 0.2) is 11.4 Å². The van der Waals surface area contributed by atoms with Crippen molar-refractivity contribution < 1.29 is 9.53 Å². The van der Waals surface area contributed by atoms with Crippen molar-refractivity contribution in [2.45, 2.75) is 57.2 Å². The maximum absolute atomic E-state index is 11.8. The van der Waals surface area contributed by atoms with E-state index in [4.69, 9.17) is 4.74 Å². The van der Waals surface area contributed by atoms with Crippen LogP contribution in [-0.4, -0.2) is 11.4 Å². The first kappa shape index (κ1) is 11.9. The van der Waals surface area contributed by atoms with Gasteiger partial charge >= 0.3 is 0 Å². The Morgan fingerprint density at radius 3 is 2.17 bits per heavy atom. The van der Waals surface area contributed by atoms with E-state index in [9.17, 15) is 4.79 Å². The Labute approximate surface area is 108 Å². The van der Waals surface area contributed by atoms with Crippen molar-refractivity contribution in [3.63, 3.8) is 0 Å². The fourth-order valence-corrected chi connectivity index (χ4v) is 3.14. The number of hydrogen-bond donors (Lipinski definition) is 0. The van der Waals surface area contributed by atoms with E-state index in [-0.39, 0.29) is 16.8 Å². The van der Waals surface area contributed by atoms with E-state index in [1.807, 2.05) is 6.92 Å². The topological polar surface area (TPSA) is 29.6 Å². The van der Waals surface area contributed by atoms with Gasteiger partial charge in [-0.1, -0.05) is 45.0 Å². The zero-order valence-corrected chi connectivity index (χ0v) is 11.5. The third-order valence-corrected chi connectivity index (χ3v) is 4.56. The summed E-state index contributed by atoms with van der Waals surface area (Å²) in [6, 6.07) is 8.58. The number of ether oxygens (including phenoxy) is 1. The zero-order valence-electron chi connectivity index (χ0n) is 11.5. The van der Waals surface area contributed by atoms with Crippen molar-refractivity contribution in [2.75, 3.05) is 0 Å². The molecule has 1 heterocycles. The standard InChI is InChI=1S/C16H20O2/c1-14(2,3)11-5-7-12(8-6-11)16-10-9-13(17)15(16,4)18-16/h5-8H,9-10H2,1-4H3. The number of Topliss-reactive ketones (excluding diaryl/α,β-unsaturated/α-hetero) is 1. The molecular formula is C16H20O2. The molecule has 2 nitrogen and oxygen atoms in total. The van der Waals surface area contributed by atoms with Crippen LogP contribution in [0, 0.1) is 0 Å². The lowest BCUT2D eigenvalue weighted by Crippen LogP contribution is -2.21. The second kappa shape index (κ2) is 3.24. The fourth-order valence-electron chi connectivity index (χ4n) is 3.14. The van der Waals surface area contributed by atoms with Gasteiger partial charge in [-0.3, -0.25) is 4.79 Å². The average Bonchev–Trinajstić information content (AvgIpc) is 2.86. The molecule has 2 atom stereocenters. The molecule has 0 bridgehead atoms. The van der Waals surface area contributed by atoms with E-state index in [0.717, 1.165) is 12.0 Å². The highest BCUT2D eigenvalue weighted by Gasteiger charge is 2.75. The van der Waals surface area contributed by atoms with Crippen LogP contribution >= 0.6 is 0 Å². The highest BCUT2D eigenvalue weighted by atomic mass is 16.6. The van der Waals surface area contributed by atoms with Crippen LogP contribution in [0.4, 0.5) is 0 Å². The maximum atomic E-state index is 11.8. The molecule has 2 heteroatoms. The highest BCUT2D eigenvalue weighted by Crippen LogP contribution is 2.63. The van der Waals surface area contributed by atoms with E-state index in [1.54, 1.807) is 0 Å². The van der Waals surface area contributed by atoms with Crippen molar-refractivity contribution in [1.29, 1.82) is 0 Å². The molecule has 1 aromatic carbocycles. The summed E-state index contributed by atoms with van der Waals surface area (Å²) in [5.41, 5.74) is 1.77. The quantitative estimate of drug-likeness (QED) is 0.709. The molecule has 2 aliphatic rings. The first-order valence-electron chi connectivity index (χ1n) is 6.64. The van der Waals surface area contributed by atoms with E-state index in [2.05, 4.69) is 45.0 Å². The molecule has 96 valence electrons. The number of ketones is 1. The van der Waals surface area contributed by atoms with Gasteiger partial charge in [-0.05, 0) is 29.9 Å². The van der Waals surface area contributed by atoms with Gasteiger partial charge in [0.25, 0.3) is 0 Å². The van der Waals surface area contributed by atoms with Crippen LogP contribution in [0.1, 0.15) is 51.7 Å². The largest absolute Gasteiger partial charge is 0.349 e. The number of epoxide rings is 1. The van der Waals surface area contributed by atoms with Crippen LogP contribution in [0.25, 0.3) is 0 Å². The molecule has 18 heavy (non-hydrogen) atoms. The minimum absolute atomic E-state index is 0.162. The summed E-state index contributed by atoms with van der Waals surface area (Å²) in [6.45, 7) is 8.55. The van der Waals surface area contributed by atoms with Gasteiger partial charge < -0.3 is 4.74 Å². The summed E-state index contributed by atoms with van der Waals surface area (Å²) < 4.78 is 5.80. The Morgan fingerprint density at radius 2 is 1.78 bits per heavy atom. The van der Waals surface area contributed by atoms with Crippen LogP contribution < -0.4 is 0 Å². The first-order valence-corrected chi connectivity index (χ1v) is 6.64. The molecule has 0 spiro atoms. The number of hydrogen-bond acceptors (Lipinski definition) is 2. The molecule has 0 N–H and O–H groups in total. The van der Waals surface area contributed by atoms with Crippen molar-refractivity contribution in [1.82, 2.24) is 0 Å². The fraction of sp³-hybridized carbons (Fsp3) is 0.562. The third-order valence-electron chi connectivity index (χ3n) is 4.56. The number of carbonyl (C=O) groups excluding carboxylic acids is 1. The van der Waals surface area contributed by atoms with E-state index in [1.165, 1.54) is 5.56 Å². The van der Waals surface area contributed by atoms with Gasteiger partial charge in [0.2, 0.25) is 0 Å². The minimum Gasteiger partial charge on any atom is -0.349 e. The molecule has 0 aromatic heterocycles. The Kier molecular flexibility index (Phi) is 2.14. The summed E-state index contributed by atoms with van der Waals surface area (Å²) >= 11 is 0. The molecule has 1 aromatic rings. The van der Waals surface area contributed by atoms with Gasteiger partial charge in [0.1, 0.15) is 5.60 Å². The molecule has 3 rings (SSSR count). The van der Waals surface area contributed by atoms with Crippen molar-refractivity contribution >= 4 is 5.78 Å². The van der Waals surface area contributed by atoms with E-state index in [0.29, 0.717) is 6.42 Å². The van der Waals surface area contributed by atoms with Crippen LogP contribution in [0.3, 0.4) is 0 Å². The summed E-state index contributed by atoms with van der Waals surface area (Å²) in [7, 11) is 0. The highest BCUT2D eigenvalue weighted by molar-refractivity contribution is 5.94. The van der Waals surface area contributed by atoms with Gasteiger partial charge in [-0.25, -0.2) is 0 Å². The first-order chi connectivity index (χ1) is 8.30. The molecule has 0 amide bonds. The minimum atomic E-state index is -0.545. The lowest BCUT2D eigenvalue weighted by molar-refractivity contribution is -0.123. The summed E-state index contributed by atoms with van der Waals surface area (Å²) in [4.78, 5) is 11.8. The number of carbonyl (C=O) groups is 1. The predicted molar refractivity (Wildman–Crippen MR) is 70.6 cm³/mol. The molecule has 2 fully saturated rings. The normalized spacial score (nSPS) is 34.6. The van der Waals surface area contributed by atoms with Crippen molar-refractivity contribution in [3.05, 3.63) is 35.4 Å². The van der Waals surface area contributed by atoms with E-state index < -0.39 is 5.60 Å². The number of rotatable bonds is 1. The predicted octanol–water partition coefficient (Wildman–Crippen LogP) is 3.33. The third kappa shape index (κ3) is 1.36. The van der Waals surface area contributed by atoms with Crippen LogP contribution in [-0.2, 0) is 20.5 Å². The van der Waals surface area contributed by atoms with Gasteiger partial charge in [0.05, 0.1) is 0 Å². The molecule has 1 saturated carbocycles. The van der Waals surface area contributed by atoms with Crippen LogP contribution in [0.5, 0.6) is 0 Å². The second-order valence-electron chi connectivity index (χ2n) is 6.71. The molecule has 0 radical (unpaired) electrons. The van der Waals surface area contributed by atoms with Gasteiger partial charge in [-0.15, -0.1) is 0 Å². The maximum Gasteiger partial charge on any atom is 0.167 e. The van der Waals surface area contributed by atoms with Crippen molar-refractivity contribution in [3.8, 4) is 0 Å². The summed E-state index contributed by atoms with van der Waals surface area (Å²) in [5, 5.41) is 0. The van der Waals surface area contributed by atoms with Gasteiger partial charge in [-0.2, -0.15) is 0 Å². The van der Waals surface area contributed by atoms with Crippen LogP contribution in [0.15, 0.2) is 24.3 Å². The lowest BCUT2D eigenvalue weighted by Gasteiger charge is -2.20. The molecule has 1 aliphatic carbocycles. The summed E-state index contributed by atoms with van der Waals surface area (Å²) in [5.74, 6) is 0.252. The SMILES string of the molecule is CC(C)(C)c1ccc(C23CCC(=O)C2(C)O3)cc1. The average molecular weight is 244 g/mol. The number of benzene rings is 1. The van der Waals surface area contributed by atoms with E-state index >= 15 is 0 Å². The molecule has 1 saturated heterocycles. The lowest BCUT2D eigenvalue weighted by atomic mass is 9.84. The number of fused-ring (bicyclic) bond motifs is 1. The van der Waals surface area contributed by atoms with Gasteiger partial charge in [0, 0.05) is 6.42 Å². The zero-order chi connectivity index (χ0) is 13.2. The summed E-state index contributed by atoms with van der Waals surface area (Å²) in [6.07, 6.45) is 1.48. The molecule has 1 aliphatic heterocycles.